The third-order valence-corrected chi connectivity index (χ3v) is 4.81. The van der Waals surface area contributed by atoms with Gasteiger partial charge in [-0.1, -0.05) is 72.8 Å². The molecule has 3 unspecified atom stereocenters. The minimum Gasteiger partial charge on any atom is -0.465 e. The van der Waals surface area contributed by atoms with Crippen molar-refractivity contribution in [2.24, 2.45) is 16.2 Å². The van der Waals surface area contributed by atoms with E-state index in [1.54, 1.807) is 0 Å². The summed E-state index contributed by atoms with van der Waals surface area (Å²) in [6.07, 6.45) is 6.77. The maximum atomic E-state index is 12.7. The molecular weight excluding hydrogens is 292 g/mol. The molecule has 1 aliphatic rings. The molecule has 5 nitrogen and oxygen atoms in total. The summed E-state index contributed by atoms with van der Waals surface area (Å²) < 4.78 is 0. The first-order valence-electron chi connectivity index (χ1n) is 7.95. The van der Waals surface area contributed by atoms with Gasteiger partial charge in [-0.3, -0.25) is 4.79 Å². The topological polar surface area (TPSA) is 78.4 Å². The lowest BCUT2D eigenvalue weighted by Crippen LogP contribution is -2.59. The minimum absolute atomic E-state index is 0.0658. The van der Waals surface area contributed by atoms with Crippen LogP contribution in [0.15, 0.2) is 24.3 Å². The summed E-state index contributed by atoms with van der Waals surface area (Å²) in [6.45, 7) is 14.0. The summed E-state index contributed by atoms with van der Waals surface area (Å²) in [5, 5.41) is 14.4. The fourth-order valence-corrected chi connectivity index (χ4v) is 2.68. The molecule has 5 heteroatoms. The van der Waals surface area contributed by atoms with E-state index in [0.717, 1.165) is 0 Å². The molecular formula is C18H30N2O3. The Hall–Kier alpha value is -1.78. The Balaban J connectivity index is 3.03. The minimum atomic E-state index is -1.20. The smallest absolute Gasteiger partial charge is 0.405 e. The second-order valence-corrected chi connectivity index (χ2v) is 8.51. The number of carbonyl (C=O) groups is 2. The molecule has 0 bridgehead atoms. The maximum Gasteiger partial charge on any atom is 0.405 e. The molecule has 1 rings (SSSR count). The Morgan fingerprint density at radius 3 is 2.13 bits per heavy atom. The number of rotatable bonds is 3. The van der Waals surface area contributed by atoms with Crippen LogP contribution in [-0.4, -0.2) is 29.2 Å². The van der Waals surface area contributed by atoms with E-state index < -0.39 is 17.6 Å². The van der Waals surface area contributed by atoms with Crippen molar-refractivity contribution < 1.29 is 14.7 Å². The molecule has 23 heavy (non-hydrogen) atoms. The van der Waals surface area contributed by atoms with E-state index in [0.29, 0.717) is 0 Å². The van der Waals surface area contributed by atoms with Crippen LogP contribution in [0.3, 0.4) is 0 Å². The van der Waals surface area contributed by atoms with E-state index in [1.165, 1.54) is 0 Å². The molecule has 0 fully saturated rings. The second-order valence-electron chi connectivity index (χ2n) is 8.51. The van der Waals surface area contributed by atoms with Crippen LogP contribution in [0.25, 0.3) is 0 Å². The monoisotopic (exact) mass is 322 g/mol. The molecule has 3 N–H and O–H groups in total. The maximum absolute atomic E-state index is 12.7. The van der Waals surface area contributed by atoms with Crippen molar-refractivity contribution in [1.82, 2.24) is 10.6 Å². The third-order valence-electron chi connectivity index (χ3n) is 4.81. The summed E-state index contributed by atoms with van der Waals surface area (Å²) >= 11 is 0. The molecule has 0 radical (unpaired) electrons. The molecule has 0 aliphatic heterocycles. The molecule has 2 amide bonds. The molecule has 0 saturated carbocycles. The number of amides is 2. The first-order valence-corrected chi connectivity index (χ1v) is 7.95. The molecule has 1 aliphatic carbocycles. The van der Waals surface area contributed by atoms with Crippen LogP contribution in [0.1, 0.15) is 48.5 Å². The van der Waals surface area contributed by atoms with Crippen molar-refractivity contribution in [3.05, 3.63) is 24.3 Å². The number of carboxylic acid groups (broad SMARTS) is 1. The van der Waals surface area contributed by atoms with Gasteiger partial charge in [-0.15, -0.1) is 0 Å². The fourth-order valence-electron chi connectivity index (χ4n) is 2.68. The van der Waals surface area contributed by atoms with Gasteiger partial charge < -0.3 is 15.7 Å². The largest absolute Gasteiger partial charge is 0.465 e. The summed E-state index contributed by atoms with van der Waals surface area (Å²) in [5.41, 5.74) is -0.846. The van der Waals surface area contributed by atoms with E-state index in [-0.39, 0.29) is 22.8 Å². The van der Waals surface area contributed by atoms with E-state index in [2.05, 4.69) is 44.4 Å². The average Bonchev–Trinajstić information content (AvgIpc) is 2.35. The van der Waals surface area contributed by atoms with Crippen molar-refractivity contribution in [3.63, 3.8) is 0 Å². The van der Waals surface area contributed by atoms with Crippen molar-refractivity contribution in [1.29, 1.82) is 0 Å². The Morgan fingerprint density at radius 1 is 1.13 bits per heavy atom. The summed E-state index contributed by atoms with van der Waals surface area (Å²) in [6, 6.07) is -1.01. The van der Waals surface area contributed by atoms with Crippen LogP contribution in [0, 0.1) is 16.2 Å². The number of allylic oxidation sites excluding steroid dienone is 2. The van der Waals surface area contributed by atoms with Crippen LogP contribution in [0.4, 0.5) is 4.79 Å². The molecule has 0 heterocycles. The van der Waals surface area contributed by atoms with E-state index >= 15 is 0 Å². The van der Waals surface area contributed by atoms with Crippen molar-refractivity contribution >= 4 is 12.0 Å². The van der Waals surface area contributed by atoms with Crippen LogP contribution < -0.4 is 10.6 Å². The number of hydrogen-bond donors (Lipinski definition) is 3. The molecule has 130 valence electrons. The molecule has 0 spiro atoms. The van der Waals surface area contributed by atoms with Gasteiger partial charge in [0.2, 0.25) is 5.91 Å². The van der Waals surface area contributed by atoms with Crippen LogP contribution in [0.2, 0.25) is 0 Å². The number of hydrogen-bond acceptors (Lipinski definition) is 2. The fraction of sp³-hybridized carbons (Fsp3) is 0.667. The van der Waals surface area contributed by atoms with Crippen LogP contribution >= 0.6 is 0 Å². The summed E-state index contributed by atoms with van der Waals surface area (Å²) in [4.78, 5) is 23.7. The molecule has 0 aromatic rings. The predicted molar refractivity (Wildman–Crippen MR) is 92.2 cm³/mol. The van der Waals surface area contributed by atoms with Crippen molar-refractivity contribution in [3.8, 4) is 0 Å². The SMILES string of the molecule is CC(C)(C)C(NC(=O)O)C(=O)NC1C=CC=CC1(C)C(C)(C)C. The molecule has 3 atom stereocenters. The number of nitrogens with one attached hydrogen (secondary N) is 2. The first kappa shape index (κ1) is 19.3. The van der Waals surface area contributed by atoms with Crippen LogP contribution in [0.5, 0.6) is 0 Å². The molecule has 0 aromatic carbocycles. The lowest BCUT2D eigenvalue weighted by atomic mass is 9.62. The van der Waals surface area contributed by atoms with Crippen molar-refractivity contribution in [2.45, 2.75) is 60.5 Å². The van der Waals surface area contributed by atoms with Gasteiger partial charge in [0.05, 0.1) is 6.04 Å². The highest BCUT2D eigenvalue weighted by molar-refractivity contribution is 5.86. The van der Waals surface area contributed by atoms with Gasteiger partial charge in [-0.2, -0.15) is 0 Å². The highest BCUT2D eigenvalue weighted by Gasteiger charge is 2.44. The van der Waals surface area contributed by atoms with Gasteiger partial charge in [0.25, 0.3) is 0 Å². The average molecular weight is 322 g/mol. The standard InChI is InChI=1S/C18H30N2O3/c1-16(2,3)13(20-15(22)23)14(21)19-12-10-8-9-11-18(12,7)17(4,5)6/h8-13,20H,1-7H3,(H,19,21)(H,22,23). The highest BCUT2D eigenvalue weighted by atomic mass is 16.4. The Morgan fingerprint density at radius 2 is 1.70 bits per heavy atom. The van der Waals surface area contributed by atoms with Gasteiger partial charge >= 0.3 is 6.09 Å². The van der Waals surface area contributed by atoms with E-state index in [1.807, 2.05) is 39.0 Å². The van der Waals surface area contributed by atoms with Gasteiger partial charge in [-0.25, -0.2) is 4.79 Å². The zero-order valence-corrected chi connectivity index (χ0v) is 15.2. The zero-order valence-electron chi connectivity index (χ0n) is 15.2. The van der Waals surface area contributed by atoms with Crippen LogP contribution in [-0.2, 0) is 4.79 Å². The third kappa shape index (κ3) is 4.36. The Bertz CT molecular complexity index is 523. The van der Waals surface area contributed by atoms with Gasteiger partial charge in [0.1, 0.15) is 6.04 Å². The van der Waals surface area contributed by atoms with Gasteiger partial charge in [0.15, 0.2) is 0 Å². The Labute approximate surface area is 139 Å². The second kappa shape index (κ2) is 6.38. The summed E-state index contributed by atoms with van der Waals surface area (Å²) in [5.74, 6) is -0.305. The molecule has 0 aromatic heterocycles. The number of carbonyl (C=O) groups excluding carboxylic acids is 1. The van der Waals surface area contributed by atoms with E-state index in [4.69, 9.17) is 5.11 Å². The van der Waals surface area contributed by atoms with Crippen molar-refractivity contribution in [2.75, 3.05) is 0 Å². The lowest BCUT2D eigenvalue weighted by molar-refractivity contribution is -0.126. The Kier molecular flexibility index (Phi) is 5.34. The predicted octanol–water partition coefficient (Wildman–Crippen LogP) is 3.33. The first-order chi connectivity index (χ1) is 10.3. The summed E-state index contributed by atoms with van der Waals surface area (Å²) in [7, 11) is 0. The normalized spacial score (nSPS) is 25.8. The lowest BCUT2D eigenvalue weighted by Gasteiger charge is -2.46. The quantitative estimate of drug-likeness (QED) is 0.745. The van der Waals surface area contributed by atoms with Gasteiger partial charge in [-0.05, 0) is 10.8 Å². The van der Waals surface area contributed by atoms with Gasteiger partial charge in [0, 0.05) is 5.41 Å². The van der Waals surface area contributed by atoms with E-state index in [9.17, 15) is 9.59 Å². The molecule has 0 saturated heterocycles. The highest BCUT2D eigenvalue weighted by Crippen LogP contribution is 2.44. The zero-order chi connectivity index (χ0) is 18.1.